The first-order chi connectivity index (χ1) is 16.0. The van der Waals surface area contributed by atoms with Gasteiger partial charge in [-0.2, -0.15) is 5.10 Å². The molecule has 0 aliphatic heterocycles. The number of halogens is 1. The molecule has 0 saturated carbocycles. The van der Waals surface area contributed by atoms with E-state index in [1.165, 1.54) is 30.1 Å². The number of nitrogens with one attached hydrogen (secondary N) is 1. The van der Waals surface area contributed by atoms with Crippen LogP contribution >= 0.6 is 11.8 Å². The number of hydrogen-bond acceptors (Lipinski definition) is 5. The number of benzene rings is 3. The van der Waals surface area contributed by atoms with E-state index in [9.17, 15) is 9.18 Å². The Hall–Kier alpha value is -3.78. The van der Waals surface area contributed by atoms with Gasteiger partial charge in [0.2, 0.25) is 0 Å². The molecule has 0 atom stereocenters. The number of hydrazone groups is 1. The highest BCUT2D eigenvalue weighted by Gasteiger charge is 2.17. The van der Waals surface area contributed by atoms with E-state index >= 15 is 0 Å². The normalized spacial score (nSPS) is 11.1. The Morgan fingerprint density at radius 2 is 1.73 bits per heavy atom. The van der Waals surface area contributed by atoms with Crippen LogP contribution in [0.5, 0.6) is 0 Å². The summed E-state index contributed by atoms with van der Waals surface area (Å²) >= 11 is 1.26. The molecule has 0 unspecified atom stereocenters. The maximum Gasteiger partial charge on any atom is 0.250 e. The maximum absolute atomic E-state index is 13.2. The summed E-state index contributed by atoms with van der Waals surface area (Å²) in [6.07, 6.45) is 1.40. The molecule has 3 aromatic carbocycles. The van der Waals surface area contributed by atoms with E-state index in [0.29, 0.717) is 16.5 Å². The second kappa shape index (κ2) is 10.2. The summed E-state index contributed by atoms with van der Waals surface area (Å²) in [5.41, 5.74) is 7.17. The molecule has 8 heteroatoms. The highest BCUT2D eigenvalue weighted by Crippen LogP contribution is 2.28. The minimum Gasteiger partial charge on any atom is -0.272 e. The van der Waals surface area contributed by atoms with Gasteiger partial charge in [0.15, 0.2) is 11.0 Å². The summed E-state index contributed by atoms with van der Waals surface area (Å²) < 4.78 is 15.2. The van der Waals surface area contributed by atoms with Gasteiger partial charge in [0, 0.05) is 11.3 Å². The number of hydrogen-bond donors (Lipinski definition) is 1. The second-order valence-electron chi connectivity index (χ2n) is 7.48. The highest BCUT2D eigenvalue weighted by molar-refractivity contribution is 7.99. The van der Waals surface area contributed by atoms with E-state index in [1.54, 1.807) is 12.1 Å². The number of aryl methyl sites for hydroxylation is 2. The molecule has 33 heavy (non-hydrogen) atoms. The number of carbonyl (C=O) groups is 1. The molecule has 0 aliphatic rings. The van der Waals surface area contributed by atoms with Gasteiger partial charge >= 0.3 is 0 Å². The van der Waals surface area contributed by atoms with E-state index in [4.69, 9.17) is 0 Å². The summed E-state index contributed by atoms with van der Waals surface area (Å²) in [5.74, 6) is 0.132. The number of aromatic nitrogens is 3. The Labute approximate surface area is 195 Å². The lowest BCUT2D eigenvalue weighted by atomic mass is 10.1. The zero-order valence-corrected chi connectivity index (χ0v) is 19.0. The molecule has 0 saturated heterocycles. The first-order valence-corrected chi connectivity index (χ1v) is 11.3. The van der Waals surface area contributed by atoms with Crippen LogP contribution in [0.4, 0.5) is 4.39 Å². The molecule has 166 valence electrons. The van der Waals surface area contributed by atoms with Crippen LogP contribution < -0.4 is 5.43 Å². The Morgan fingerprint density at radius 1 is 1.03 bits per heavy atom. The fraction of sp³-hybridized carbons (Fsp3) is 0.120. The quantitative estimate of drug-likeness (QED) is 0.242. The van der Waals surface area contributed by atoms with Crippen LogP contribution in [0.1, 0.15) is 16.7 Å². The van der Waals surface area contributed by atoms with Crippen molar-refractivity contribution >= 4 is 23.9 Å². The zero-order valence-electron chi connectivity index (χ0n) is 18.2. The SMILES string of the molecule is Cc1ccc(-c2nnc(SCC(=O)N/N=C/c3cccc(F)c3)n2-c2ccc(C)cc2)cc1. The largest absolute Gasteiger partial charge is 0.272 e. The van der Waals surface area contributed by atoms with Crippen LogP contribution in [-0.4, -0.2) is 32.6 Å². The van der Waals surface area contributed by atoms with Crippen molar-refractivity contribution in [1.82, 2.24) is 20.2 Å². The molecule has 0 bridgehead atoms. The minimum atomic E-state index is -0.361. The predicted octanol–water partition coefficient (Wildman–Crippen LogP) is 4.93. The second-order valence-corrected chi connectivity index (χ2v) is 8.42. The maximum atomic E-state index is 13.2. The molecule has 4 rings (SSSR count). The van der Waals surface area contributed by atoms with E-state index in [2.05, 4.69) is 20.7 Å². The van der Waals surface area contributed by atoms with E-state index in [1.807, 2.05) is 66.9 Å². The average molecular weight is 460 g/mol. The van der Waals surface area contributed by atoms with Crippen LogP contribution in [0.15, 0.2) is 83.1 Å². The van der Waals surface area contributed by atoms with Crippen molar-refractivity contribution in [3.8, 4) is 17.1 Å². The van der Waals surface area contributed by atoms with Crippen molar-refractivity contribution in [3.05, 3.63) is 95.3 Å². The van der Waals surface area contributed by atoms with Gasteiger partial charge < -0.3 is 0 Å². The van der Waals surface area contributed by atoms with Crippen molar-refractivity contribution in [2.45, 2.75) is 19.0 Å². The fourth-order valence-electron chi connectivity index (χ4n) is 3.11. The smallest absolute Gasteiger partial charge is 0.250 e. The van der Waals surface area contributed by atoms with Crippen molar-refractivity contribution in [2.75, 3.05) is 5.75 Å². The van der Waals surface area contributed by atoms with E-state index in [-0.39, 0.29) is 17.5 Å². The molecule has 1 aromatic heterocycles. The molecule has 0 radical (unpaired) electrons. The van der Waals surface area contributed by atoms with Crippen LogP contribution in [0.2, 0.25) is 0 Å². The lowest BCUT2D eigenvalue weighted by molar-refractivity contribution is -0.118. The molecule has 1 amide bonds. The molecule has 0 spiro atoms. The van der Waals surface area contributed by atoms with Gasteiger partial charge in [-0.3, -0.25) is 9.36 Å². The Kier molecular flexibility index (Phi) is 6.95. The molecule has 1 heterocycles. The first kappa shape index (κ1) is 22.4. The number of thioether (sulfide) groups is 1. The van der Waals surface area contributed by atoms with Gasteiger partial charge in [-0.15, -0.1) is 10.2 Å². The highest BCUT2D eigenvalue weighted by atomic mass is 32.2. The summed E-state index contributed by atoms with van der Waals surface area (Å²) in [7, 11) is 0. The van der Waals surface area contributed by atoms with Crippen LogP contribution in [0, 0.1) is 19.7 Å². The summed E-state index contributed by atoms with van der Waals surface area (Å²) in [5, 5.41) is 13.2. The predicted molar refractivity (Wildman–Crippen MR) is 129 cm³/mol. The van der Waals surface area contributed by atoms with Crippen LogP contribution in [-0.2, 0) is 4.79 Å². The molecule has 1 N–H and O–H groups in total. The molecule has 4 aromatic rings. The van der Waals surface area contributed by atoms with Crippen molar-refractivity contribution in [1.29, 1.82) is 0 Å². The Bertz CT molecular complexity index is 1280. The first-order valence-electron chi connectivity index (χ1n) is 10.3. The van der Waals surface area contributed by atoms with Crippen LogP contribution in [0.25, 0.3) is 17.1 Å². The average Bonchev–Trinajstić information content (AvgIpc) is 3.23. The minimum absolute atomic E-state index is 0.0956. The molecular formula is C25H22FN5OS. The summed E-state index contributed by atoms with van der Waals surface area (Å²) in [6.45, 7) is 4.06. The molecule has 0 aliphatic carbocycles. The van der Waals surface area contributed by atoms with Gasteiger partial charge in [-0.05, 0) is 43.7 Å². The molecule has 0 fully saturated rings. The third kappa shape index (κ3) is 5.72. The Morgan fingerprint density at radius 3 is 2.42 bits per heavy atom. The third-order valence-corrected chi connectivity index (χ3v) is 5.75. The lowest BCUT2D eigenvalue weighted by Crippen LogP contribution is -2.20. The number of amides is 1. The number of rotatable bonds is 7. The molecule has 6 nitrogen and oxygen atoms in total. The van der Waals surface area contributed by atoms with Crippen molar-refractivity contribution in [3.63, 3.8) is 0 Å². The van der Waals surface area contributed by atoms with Crippen molar-refractivity contribution < 1.29 is 9.18 Å². The van der Waals surface area contributed by atoms with E-state index in [0.717, 1.165) is 22.4 Å². The zero-order chi connectivity index (χ0) is 23.2. The number of carbonyl (C=O) groups excluding carboxylic acids is 1. The van der Waals surface area contributed by atoms with Crippen molar-refractivity contribution in [2.24, 2.45) is 5.10 Å². The monoisotopic (exact) mass is 459 g/mol. The summed E-state index contributed by atoms with van der Waals surface area (Å²) in [4.78, 5) is 12.3. The number of nitrogens with zero attached hydrogens (tertiary/aromatic N) is 4. The fourth-order valence-corrected chi connectivity index (χ4v) is 3.85. The Balaban J connectivity index is 1.51. The molecular weight excluding hydrogens is 437 g/mol. The van der Waals surface area contributed by atoms with Crippen LogP contribution in [0.3, 0.4) is 0 Å². The topological polar surface area (TPSA) is 72.2 Å². The van der Waals surface area contributed by atoms with Gasteiger partial charge in [0.1, 0.15) is 5.82 Å². The van der Waals surface area contributed by atoms with Gasteiger partial charge in [0.25, 0.3) is 5.91 Å². The van der Waals surface area contributed by atoms with Gasteiger partial charge in [0.05, 0.1) is 12.0 Å². The lowest BCUT2D eigenvalue weighted by Gasteiger charge is -2.11. The van der Waals surface area contributed by atoms with Gasteiger partial charge in [-0.1, -0.05) is 71.4 Å². The van der Waals surface area contributed by atoms with Gasteiger partial charge in [-0.25, -0.2) is 9.82 Å². The van der Waals surface area contributed by atoms with E-state index < -0.39 is 0 Å². The standard InChI is InChI=1S/C25H22FN5OS/c1-17-6-10-20(11-7-17)24-29-30-25(31(24)22-12-8-18(2)9-13-22)33-16-23(32)28-27-15-19-4-3-5-21(26)14-19/h3-15H,16H2,1-2H3,(H,28,32)/b27-15+. The summed E-state index contributed by atoms with van der Waals surface area (Å²) in [6, 6.07) is 22.1. The third-order valence-electron chi connectivity index (χ3n) is 4.82.